The summed E-state index contributed by atoms with van der Waals surface area (Å²) in [5, 5.41) is 4.48. The van der Waals surface area contributed by atoms with Crippen molar-refractivity contribution in [3.63, 3.8) is 0 Å². The highest BCUT2D eigenvalue weighted by Gasteiger charge is 2.29. The molecule has 1 saturated carbocycles. The predicted molar refractivity (Wildman–Crippen MR) is 139 cm³/mol. The van der Waals surface area contributed by atoms with Crippen molar-refractivity contribution in [3.05, 3.63) is 66.1 Å². The molecule has 0 amide bonds. The standard InChI is InChI=1S/C28H31N5O3/c1-18(34)25-26(20-8-11-22(12-9-20)36-15-14-35-2)32-28-23(17-31-33(28)27(25)29)21-10-13-24(30-16-21)19-6-4-3-5-7-19/h3-7,10,13,16-17,20,22H,8-9,11-12,14-15,29H2,1-2H3. The SMILES string of the molecule is COCCOC1CCC(c2nc3c(-c4ccc(-c5ccccc5)nc4)cnn3c(N)c2C(C)=O)CC1. The number of nitrogens with zero attached hydrogens (tertiary/aromatic N) is 4. The van der Waals surface area contributed by atoms with Crippen LogP contribution in [0.1, 0.15) is 54.6 Å². The maximum absolute atomic E-state index is 12.7. The minimum atomic E-state index is -0.0960. The van der Waals surface area contributed by atoms with Crippen LogP contribution in [0.3, 0.4) is 0 Å². The van der Waals surface area contributed by atoms with Gasteiger partial charge in [-0.25, -0.2) is 4.98 Å². The molecule has 0 saturated heterocycles. The van der Waals surface area contributed by atoms with E-state index in [2.05, 4.69) is 10.1 Å². The van der Waals surface area contributed by atoms with E-state index in [4.69, 9.17) is 20.2 Å². The fraction of sp³-hybridized carbons (Fsp3) is 0.357. The Kier molecular flexibility index (Phi) is 7.06. The van der Waals surface area contributed by atoms with Crippen molar-refractivity contribution >= 4 is 17.2 Å². The Labute approximate surface area is 210 Å². The largest absolute Gasteiger partial charge is 0.383 e. The van der Waals surface area contributed by atoms with Crippen LogP contribution < -0.4 is 5.73 Å². The van der Waals surface area contributed by atoms with Gasteiger partial charge in [0.15, 0.2) is 11.4 Å². The van der Waals surface area contributed by atoms with Gasteiger partial charge in [0.1, 0.15) is 5.82 Å². The minimum absolute atomic E-state index is 0.0960. The third-order valence-corrected chi connectivity index (χ3v) is 6.91. The van der Waals surface area contributed by atoms with E-state index >= 15 is 0 Å². The van der Waals surface area contributed by atoms with Crippen LogP contribution in [-0.2, 0) is 9.47 Å². The van der Waals surface area contributed by atoms with Crippen LogP contribution in [0.15, 0.2) is 54.9 Å². The van der Waals surface area contributed by atoms with Crippen LogP contribution in [0.25, 0.3) is 28.0 Å². The topological polar surface area (TPSA) is 105 Å². The lowest BCUT2D eigenvalue weighted by molar-refractivity contribution is -0.00298. The summed E-state index contributed by atoms with van der Waals surface area (Å²) in [5.74, 6) is 0.377. The van der Waals surface area contributed by atoms with E-state index in [1.807, 2.05) is 48.7 Å². The van der Waals surface area contributed by atoms with E-state index in [1.54, 1.807) is 24.7 Å². The van der Waals surface area contributed by atoms with Crippen molar-refractivity contribution in [1.82, 2.24) is 19.6 Å². The first kappa shape index (κ1) is 24.1. The number of benzene rings is 1. The van der Waals surface area contributed by atoms with Crippen LogP contribution in [0.2, 0.25) is 0 Å². The van der Waals surface area contributed by atoms with Gasteiger partial charge in [-0.05, 0) is 38.7 Å². The van der Waals surface area contributed by atoms with Gasteiger partial charge in [-0.2, -0.15) is 9.61 Å². The molecule has 0 radical (unpaired) electrons. The Morgan fingerprint density at radius 2 is 1.81 bits per heavy atom. The lowest BCUT2D eigenvalue weighted by Gasteiger charge is -2.29. The zero-order valence-corrected chi connectivity index (χ0v) is 20.7. The van der Waals surface area contributed by atoms with Crippen LogP contribution in [0, 0.1) is 0 Å². The average Bonchev–Trinajstić information content (AvgIpc) is 3.34. The third-order valence-electron chi connectivity index (χ3n) is 6.91. The zero-order chi connectivity index (χ0) is 25.1. The number of rotatable bonds is 8. The van der Waals surface area contributed by atoms with Crippen molar-refractivity contribution in [2.45, 2.75) is 44.6 Å². The number of ketones is 1. The molecule has 1 fully saturated rings. The van der Waals surface area contributed by atoms with Crippen molar-refractivity contribution in [2.75, 3.05) is 26.1 Å². The van der Waals surface area contributed by atoms with E-state index in [0.717, 1.165) is 53.8 Å². The molecule has 8 heteroatoms. The van der Waals surface area contributed by atoms with Crippen molar-refractivity contribution < 1.29 is 14.3 Å². The van der Waals surface area contributed by atoms with Crippen LogP contribution >= 0.6 is 0 Å². The number of hydrogen-bond acceptors (Lipinski definition) is 7. The summed E-state index contributed by atoms with van der Waals surface area (Å²) in [6.07, 6.45) is 7.38. The second kappa shape index (κ2) is 10.6. The van der Waals surface area contributed by atoms with Crippen LogP contribution in [-0.4, -0.2) is 51.8 Å². The van der Waals surface area contributed by atoms with Gasteiger partial charge >= 0.3 is 0 Å². The molecule has 4 aromatic rings. The van der Waals surface area contributed by atoms with Crippen LogP contribution in [0.5, 0.6) is 0 Å². The van der Waals surface area contributed by atoms with Gasteiger partial charge in [-0.15, -0.1) is 0 Å². The van der Waals surface area contributed by atoms with Gasteiger partial charge in [0.05, 0.1) is 42.5 Å². The molecule has 0 spiro atoms. The van der Waals surface area contributed by atoms with E-state index in [-0.39, 0.29) is 17.8 Å². The number of carbonyl (C=O) groups excluding carboxylic acids is 1. The van der Waals surface area contributed by atoms with Crippen molar-refractivity contribution in [1.29, 1.82) is 0 Å². The van der Waals surface area contributed by atoms with E-state index in [1.165, 1.54) is 0 Å². The fourth-order valence-corrected chi connectivity index (χ4v) is 5.03. The van der Waals surface area contributed by atoms with E-state index in [0.29, 0.717) is 30.2 Å². The summed E-state index contributed by atoms with van der Waals surface area (Å²) in [4.78, 5) is 22.3. The molecule has 1 aromatic carbocycles. The van der Waals surface area contributed by atoms with Crippen molar-refractivity contribution in [2.24, 2.45) is 0 Å². The van der Waals surface area contributed by atoms with E-state index in [9.17, 15) is 4.79 Å². The van der Waals surface area contributed by atoms with E-state index < -0.39 is 0 Å². The Morgan fingerprint density at radius 3 is 2.47 bits per heavy atom. The molecular formula is C28H31N5O3. The van der Waals surface area contributed by atoms with Gasteiger partial charge < -0.3 is 15.2 Å². The van der Waals surface area contributed by atoms with Gasteiger partial charge in [-0.3, -0.25) is 9.78 Å². The molecule has 0 unspecified atom stereocenters. The summed E-state index contributed by atoms with van der Waals surface area (Å²) in [6, 6.07) is 14.1. The summed E-state index contributed by atoms with van der Waals surface area (Å²) < 4.78 is 12.6. The summed E-state index contributed by atoms with van der Waals surface area (Å²) >= 11 is 0. The molecule has 1 aliphatic rings. The molecule has 0 aliphatic heterocycles. The maximum atomic E-state index is 12.7. The number of anilines is 1. The molecule has 1 aliphatic carbocycles. The number of nitrogen functional groups attached to an aromatic ring is 1. The maximum Gasteiger partial charge on any atom is 0.165 e. The number of methoxy groups -OCH3 is 1. The summed E-state index contributed by atoms with van der Waals surface area (Å²) in [6.45, 7) is 2.73. The molecule has 186 valence electrons. The number of nitrogens with two attached hydrogens (primary N) is 1. The number of hydrogen-bond donors (Lipinski definition) is 1. The first-order chi connectivity index (χ1) is 17.6. The van der Waals surface area contributed by atoms with Gasteiger partial charge in [0.2, 0.25) is 0 Å². The number of aromatic nitrogens is 4. The van der Waals surface area contributed by atoms with Crippen LogP contribution in [0.4, 0.5) is 5.82 Å². The predicted octanol–water partition coefficient (Wildman–Crippen LogP) is 4.93. The van der Waals surface area contributed by atoms with Crippen molar-refractivity contribution in [3.8, 4) is 22.4 Å². The minimum Gasteiger partial charge on any atom is -0.383 e. The Hall–Kier alpha value is -3.62. The molecular weight excluding hydrogens is 454 g/mol. The highest BCUT2D eigenvalue weighted by Crippen LogP contribution is 2.38. The lowest BCUT2D eigenvalue weighted by atomic mass is 9.83. The zero-order valence-electron chi connectivity index (χ0n) is 20.7. The molecule has 36 heavy (non-hydrogen) atoms. The second-order valence-corrected chi connectivity index (χ2v) is 9.24. The molecule has 0 bridgehead atoms. The van der Waals surface area contributed by atoms with Gasteiger partial charge in [0, 0.05) is 35.9 Å². The smallest absolute Gasteiger partial charge is 0.165 e. The average molecular weight is 486 g/mol. The molecule has 0 atom stereocenters. The first-order valence-electron chi connectivity index (χ1n) is 12.4. The molecule has 3 aromatic heterocycles. The first-order valence-corrected chi connectivity index (χ1v) is 12.4. The molecule has 2 N–H and O–H groups in total. The lowest BCUT2D eigenvalue weighted by Crippen LogP contribution is -2.24. The highest BCUT2D eigenvalue weighted by molar-refractivity contribution is 6.00. The molecule has 5 rings (SSSR count). The van der Waals surface area contributed by atoms with Gasteiger partial charge in [0.25, 0.3) is 0 Å². The molecule has 3 heterocycles. The summed E-state index contributed by atoms with van der Waals surface area (Å²) in [7, 11) is 1.67. The monoisotopic (exact) mass is 485 g/mol. The molecule has 8 nitrogen and oxygen atoms in total. The second-order valence-electron chi connectivity index (χ2n) is 9.24. The number of carbonyl (C=O) groups is 1. The number of Topliss-reactive ketones (excluding diaryl/α,β-unsaturated/α-hetero) is 1. The fourth-order valence-electron chi connectivity index (χ4n) is 5.03. The summed E-state index contributed by atoms with van der Waals surface area (Å²) in [5.41, 5.74) is 12.1. The normalized spacial score (nSPS) is 17.9. The Morgan fingerprint density at radius 1 is 1.03 bits per heavy atom. The number of ether oxygens (including phenoxy) is 2. The number of fused-ring (bicyclic) bond motifs is 1. The quantitative estimate of drug-likeness (QED) is 0.279. The third kappa shape index (κ3) is 4.74. The Bertz CT molecular complexity index is 1340. The van der Waals surface area contributed by atoms with Gasteiger partial charge in [-0.1, -0.05) is 36.4 Å². The Balaban J connectivity index is 1.47. The highest BCUT2D eigenvalue weighted by atomic mass is 16.5. The number of pyridine rings is 1.